The van der Waals surface area contributed by atoms with Gasteiger partial charge in [-0.2, -0.15) is 0 Å². The van der Waals surface area contributed by atoms with E-state index < -0.39 is 0 Å². The third-order valence-electron chi connectivity index (χ3n) is 2.04. The molecule has 0 atom stereocenters. The molecule has 2 nitrogen and oxygen atoms in total. The predicted octanol–water partition coefficient (Wildman–Crippen LogP) is 2.02. The molecule has 0 amide bonds. The van der Waals surface area contributed by atoms with Gasteiger partial charge in [0.15, 0.2) is 0 Å². The van der Waals surface area contributed by atoms with Crippen LogP contribution >= 0.6 is 0 Å². The van der Waals surface area contributed by atoms with Gasteiger partial charge in [0.25, 0.3) is 0 Å². The van der Waals surface area contributed by atoms with Crippen LogP contribution in [0.2, 0.25) is 0 Å². The molecular formula is C12H13N2+. The smallest absolute Gasteiger partial charge is 0.246 e. The van der Waals surface area contributed by atoms with Crippen LogP contribution in [0.3, 0.4) is 0 Å². The van der Waals surface area contributed by atoms with E-state index in [1.165, 1.54) is 5.56 Å². The van der Waals surface area contributed by atoms with Gasteiger partial charge in [0, 0.05) is 0 Å². The molecule has 70 valence electrons. The summed E-state index contributed by atoms with van der Waals surface area (Å²) in [6.07, 6.45) is 10.9. The van der Waals surface area contributed by atoms with Gasteiger partial charge in [0.2, 0.25) is 6.33 Å². The molecule has 0 aliphatic carbocycles. The van der Waals surface area contributed by atoms with Gasteiger partial charge < -0.3 is 0 Å². The molecule has 0 aliphatic rings. The third-order valence-corrected chi connectivity index (χ3v) is 2.04. The van der Waals surface area contributed by atoms with Crippen molar-refractivity contribution in [2.24, 2.45) is 0 Å². The Morgan fingerprint density at radius 2 is 2.07 bits per heavy atom. The van der Waals surface area contributed by atoms with Crippen molar-refractivity contribution in [3.8, 4) is 0 Å². The first-order valence-electron chi connectivity index (χ1n) is 4.69. The van der Waals surface area contributed by atoms with Crippen LogP contribution in [0.5, 0.6) is 0 Å². The number of hydrogen-bond acceptors (Lipinski definition) is 0. The van der Waals surface area contributed by atoms with Crippen molar-refractivity contribution < 1.29 is 4.57 Å². The first-order valence-corrected chi connectivity index (χ1v) is 4.69. The zero-order valence-electron chi connectivity index (χ0n) is 7.93. The molecule has 2 heteroatoms. The lowest BCUT2D eigenvalue weighted by molar-refractivity contribution is -0.566. The zero-order chi connectivity index (χ0) is 9.64. The van der Waals surface area contributed by atoms with Gasteiger partial charge in [-0.05, 0) is 18.1 Å². The predicted molar refractivity (Wildman–Crippen MR) is 56.5 cm³/mol. The summed E-state index contributed by atoms with van der Waals surface area (Å²) in [7, 11) is 0. The molecule has 1 heterocycles. The molecule has 0 fully saturated rings. The molecule has 2 aromatic rings. The van der Waals surface area contributed by atoms with E-state index in [1.807, 2.05) is 35.6 Å². The Kier molecular flexibility index (Phi) is 2.76. The maximum absolute atomic E-state index is 2.99. The Hall–Kier alpha value is -1.83. The van der Waals surface area contributed by atoms with Crippen LogP contribution in [0.4, 0.5) is 0 Å². The first kappa shape index (κ1) is 8.75. The summed E-state index contributed by atoms with van der Waals surface area (Å²) in [5.74, 6) is 0. The number of benzene rings is 1. The molecule has 0 spiro atoms. The molecular weight excluding hydrogens is 172 g/mol. The number of aromatic nitrogens is 2. The number of rotatable bonds is 3. The van der Waals surface area contributed by atoms with E-state index in [1.54, 1.807) is 0 Å². The SMILES string of the molecule is C(=C[n+]1cc[nH]c1)Cc1ccccc1. The number of H-pyrrole nitrogens is 1. The highest BCUT2D eigenvalue weighted by molar-refractivity contribution is 5.20. The molecule has 0 bridgehead atoms. The lowest BCUT2D eigenvalue weighted by Gasteiger charge is -1.92. The van der Waals surface area contributed by atoms with E-state index in [0.29, 0.717) is 0 Å². The van der Waals surface area contributed by atoms with E-state index in [9.17, 15) is 0 Å². The first-order chi connectivity index (χ1) is 6.95. The second-order valence-electron chi connectivity index (χ2n) is 3.13. The Balaban J connectivity index is 1.95. The molecule has 0 saturated carbocycles. The lowest BCUT2D eigenvalue weighted by Crippen LogP contribution is -2.20. The quantitative estimate of drug-likeness (QED) is 0.706. The van der Waals surface area contributed by atoms with Crippen molar-refractivity contribution in [1.29, 1.82) is 0 Å². The summed E-state index contributed by atoms with van der Waals surface area (Å²) in [4.78, 5) is 2.99. The van der Waals surface area contributed by atoms with Crippen LogP contribution in [0.1, 0.15) is 5.56 Å². The number of aromatic amines is 1. The Morgan fingerprint density at radius 1 is 1.21 bits per heavy atom. The summed E-state index contributed by atoms with van der Waals surface area (Å²) in [5.41, 5.74) is 1.33. The number of allylic oxidation sites excluding steroid dienone is 1. The van der Waals surface area contributed by atoms with Crippen molar-refractivity contribution >= 4 is 6.20 Å². The second-order valence-corrected chi connectivity index (χ2v) is 3.13. The van der Waals surface area contributed by atoms with Gasteiger partial charge in [0.05, 0.1) is 6.20 Å². The summed E-state index contributed by atoms with van der Waals surface area (Å²) in [6.45, 7) is 0. The van der Waals surface area contributed by atoms with Crippen molar-refractivity contribution in [3.05, 3.63) is 60.7 Å². The van der Waals surface area contributed by atoms with Crippen molar-refractivity contribution in [2.75, 3.05) is 0 Å². The Labute approximate surface area is 83.5 Å². The van der Waals surface area contributed by atoms with E-state index in [4.69, 9.17) is 0 Å². The van der Waals surface area contributed by atoms with Gasteiger partial charge in [0.1, 0.15) is 12.4 Å². The number of nitrogens with one attached hydrogen (secondary N) is 1. The number of nitrogens with zero attached hydrogens (tertiary/aromatic N) is 1. The molecule has 14 heavy (non-hydrogen) atoms. The largest absolute Gasteiger partial charge is 0.250 e. The third kappa shape index (κ3) is 2.33. The van der Waals surface area contributed by atoms with Crippen LogP contribution in [0, 0.1) is 0 Å². The molecule has 0 radical (unpaired) electrons. The van der Waals surface area contributed by atoms with Gasteiger partial charge >= 0.3 is 0 Å². The minimum atomic E-state index is 0.971. The van der Waals surface area contributed by atoms with Crippen LogP contribution in [0.15, 0.2) is 55.1 Å². The normalized spacial score (nSPS) is 10.9. The maximum atomic E-state index is 2.99. The lowest BCUT2D eigenvalue weighted by atomic mass is 10.1. The fraction of sp³-hybridized carbons (Fsp3) is 0.0833. The number of hydrogen-bond donors (Lipinski definition) is 1. The van der Waals surface area contributed by atoms with Gasteiger partial charge in [-0.3, -0.25) is 0 Å². The molecule has 0 saturated heterocycles. The highest BCUT2D eigenvalue weighted by Crippen LogP contribution is 1.99. The Bertz CT molecular complexity index is 388. The summed E-state index contributed by atoms with van der Waals surface area (Å²) < 4.78 is 1.99. The average Bonchev–Trinajstić information content (AvgIpc) is 2.72. The molecule has 0 aliphatic heterocycles. The second kappa shape index (κ2) is 4.42. The van der Waals surface area contributed by atoms with Crippen LogP contribution in [-0.2, 0) is 6.42 Å². The van der Waals surface area contributed by atoms with Crippen molar-refractivity contribution in [1.82, 2.24) is 4.98 Å². The van der Waals surface area contributed by atoms with Gasteiger partial charge in [-0.25, -0.2) is 9.55 Å². The maximum Gasteiger partial charge on any atom is 0.246 e. The topological polar surface area (TPSA) is 19.7 Å². The van der Waals surface area contributed by atoms with Gasteiger partial charge in [-0.1, -0.05) is 30.3 Å². The molecule has 0 unspecified atom stereocenters. The Morgan fingerprint density at radius 3 is 2.79 bits per heavy atom. The van der Waals surface area contributed by atoms with Gasteiger partial charge in [-0.15, -0.1) is 0 Å². The number of imidazole rings is 1. The fourth-order valence-electron chi connectivity index (χ4n) is 1.32. The summed E-state index contributed by atoms with van der Waals surface area (Å²) in [5, 5.41) is 0. The van der Waals surface area contributed by atoms with Crippen LogP contribution in [0.25, 0.3) is 6.20 Å². The standard InChI is InChI=1S/C12H12N2/c1-2-5-12(6-3-1)7-4-9-14-10-8-13-11-14/h1-6,8-11H,7H2/p+1. The van der Waals surface area contributed by atoms with E-state index in [2.05, 4.69) is 35.3 Å². The highest BCUT2D eigenvalue weighted by Gasteiger charge is 1.89. The fourth-order valence-corrected chi connectivity index (χ4v) is 1.32. The van der Waals surface area contributed by atoms with E-state index in [0.717, 1.165) is 6.42 Å². The van der Waals surface area contributed by atoms with Crippen LogP contribution in [-0.4, -0.2) is 4.98 Å². The van der Waals surface area contributed by atoms with Crippen molar-refractivity contribution in [2.45, 2.75) is 6.42 Å². The van der Waals surface area contributed by atoms with Crippen molar-refractivity contribution in [3.63, 3.8) is 0 Å². The zero-order valence-corrected chi connectivity index (χ0v) is 7.93. The van der Waals surface area contributed by atoms with E-state index >= 15 is 0 Å². The molecule has 1 aromatic heterocycles. The molecule has 1 N–H and O–H groups in total. The minimum Gasteiger partial charge on any atom is -0.250 e. The van der Waals surface area contributed by atoms with E-state index in [-0.39, 0.29) is 0 Å². The molecule has 2 rings (SSSR count). The monoisotopic (exact) mass is 185 g/mol. The minimum absolute atomic E-state index is 0.971. The van der Waals surface area contributed by atoms with Crippen LogP contribution < -0.4 is 4.57 Å². The highest BCUT2D eigenvalue weighted by atomic mass is 15.0. The average molecular weight is 185 g/mol. The summed E-state index contributed by atoms with van der Waals surface area (Å²) >= 11 is 0. The summed E-state index contributed by atoms with van der Waals surface area (Å²) in [6, 6.07) is 10.4. The molecule has 1 aromatic carbocycles.